The van der Waals surface area contributed by atoms with Crippen LogP contribution in [0.1, 0.15) is 16.8 Å². The van der Waals surface area contributed by atoms with Crippen molar-refractivity contribution in [3.05, 3.63) is 85.8 Å². The molecule has 0 aliphatic heterocycles. The summed E-state index contributed by atoms with van der Waals surface area (Å²) in [5.41, 5.74) is 3.93. The molecule has 0 unspecified atom stereocenters. The monoisotopic (exact) mass is 409 g/mol. The Morgan fingerprint density at radius 3 is 2.70 bits per heavy atom. The van der Waals surface area contributed by atoms with E-state index in [1.54, 1.807) is 32.0 Å². The number of hydrogen-bond donors (Lipinski definition) is 2. The molecule has 0 aliphatic carbocycles. The zero-order chi connectivity index (χ0) is 21.7. The summed E-state index contributed by atoms with van der Waals surface area (Å²) < 4.78 is 6.60. The zero-order valence-corrected chi connectivity index (χ0v) is 16.3. The van der Waals surface area contributed by atoms with Crippen LogP contribution in [0.2, 0.25) is 0 Å². The normalized spacial score (nSPS) is 10.9. The van der Waals surface area contributed by atoms with Crippen molar-refractivity contribution in [3.63, 3.8) is 0 Å². The number of nitrogens with zero attached hydrogens (tertiary/aromatic N) is 3. The summed E-state index contributed by atoms with van der Waals surface area (Å²) in [5.74, 6) is -0.644. The van der Waals surface area contributed by atoms with Gasteiger partial charge in [0.05, 0.1) is 22.4 Å². The van der Waals surface area contributed by atoms with E-state index in [0.29, 0.717) is 16.9 Å². The number of aromatic nitrogens is 2. The fraction of sp³-hybridized carbons (Fsp3) is 0.150. The lowest BCUT2D eigenvalue weighted by Crippen LogP contribution is -2.25. The van der Waals surface area contributed by atoms with Gasteiger partial charge in [0.1, 0.15) is 0 Å². The molecule has 0 saturated heterocycles. The van der Waals surface area contributed by atoms with Crippen LogP contribution in [-0.2, 0) is 4.79 Å². The number of nitro benzene ring substituents is 1. The van der Waals surface area contributed by atoms with E-state index >= 15 is 0 Å². The number of nitrogens with one attached hydrogen (secondary N) is 2. The van der Waals surface area contributed by atoms with Gasteiger partial charge in [0.2, 0.25) is 0 Å². The van der Waals surface area contributed by atoms with Crippen molar-refractivity contribution < 1.29 is 14.5 Å². The molecule has 154 valence electrons. The molecule has 0 atom stereocenters. The highest BCUT2D eigenvalue weighted by atomic mass is 16.6. The number of benzene rings is 2. The van der Waals surface area contributed by atoms with Crippen LogP contribution in [0.25, 0.3) is 5.69 Å². The van der Waals surface area contributed by atoms with Crippen LogP contribution >= 0.6 is 0 Å². The number of para-hydroxylation sites is 1. The van der Waals surface area contributed by atoms with Crippen LogP contribution in [0.3, 0.4) is 0 Å². The number of ether oxygens (including phenoxy) is 1. The van der Waals surface area contributed by atoms with Crippen molar-refractivity contribution >= 4 is 17.8 Å². The first-order valence-corrected chi connectivity index (χ1v) is 8.93. The van der Waals surface area contributed by atoms with Crippen LogP contribution in [0.15, 0.2) is 58.4 Å². The number of aryl methyl sites for hydroxylation is 2. The van der Waals surface area contributed by atoms with E-state index in [1.165, 1.54) is 23.0 Å². The Kier molecular flexibility index (Phi) is 6.06. The fourth-order valence-electron chi connectivity index (χ4n) is 2.71. The van der Waals surface area contributed by atoms with E-state index in [0.717, 1.165) is 0 Å². The second kappa shape index (κ2) is 8.86. The van der Waals surface area contributed by atoms with E-state index < -0.39 is 17.4 Å². The first kappa shape index (κ1) is 20.5. The summed E-state index contributed by atoms with van der Waals surface area (Å²) in [6.07, 6.45) is 1.24. The molecule has 1 aromatic heterocycles. The molecule has 30 heavy (non-hydrogen) atoms. The van der Waals surface area contributed by atoms with Gasteiger partial charge in [-0.25, -0.2) is 10.1 Å². The maximum absolute atomic E-state index is 12.5. The van der Waals surface area contributed by atoms with Crippen molar-refractivity contribution in [1.82, 2.24) is 15.2 Å². The van der Waals surface area contributed by atoms with E-state index in [9.17, 15) is 19.7 Å². The minimum absolute atomic E-state index is 0.0167. The lowest BCUT2D eigenvalue weighted by atomic mass is 10.2. The van der Waals surface area contributed by atoms with Gasteiger partial charge in [0, 0.05) is 11.8 Å². The summed E-state index contributed by atoms with van der Waals surface area (Å²) in [6, 6.07) is 13.5. The smallest absolute Gasteiger partial charge is 0.311 e. The van der Waals surface area contributed by atoms with Gasteiger partial charge in [-0.15, -0.1) is 0 Å². The Balaban J connectivity index is 1.64. The van der Waals surface area contributed by atoms with Gasteiger partial charge < -0.3 is 4.74 Å². The van der Waals surface area contributed by atoms with Crippen LogP contribution < -0.4 is 15.7 Å². The lowest BCUT2D eigenvalue weighted by Gasteiger charge is -2.06. The van der Waals surface area contributed by atoms with Gasteiger partial charge >= 0.3 is 5.69 Å². The number of hydrazone groups is 1. The molecule has 10 nitrogen and oxygen atoms in total. The van der Waals surface area contributed by atoms with Crippen molar-refractivity contribution in [2.24, 2.45) is 5.10 Å². The Hall–Kier alpha value is -4.21. The summed E-state index contributed by atoms with van der Waals surface area (Å²) in [7, 11) is 0. The highest BCUT2D eigenvalue weighted by molar-refractivity contribution is 5.83. The van der Waals surface area contributed by atoms with Crippen LogP contribution in [0.5, 0.6) is 5.75 Å². The summed E-state index contributed by atoms with van der Waals surface area (Å²) in [4.78, 5) is 35.0. The third kappa shape index (κ3) is 4.61. The Bertz CT molecular complexity index is 1160. The van der Waals surface area contributed by atoms with Crippen LogP contribution in [0.4, 0.5) is 5.69 Å². The molecule has 0 radical (unpaired) electrons. The molecule has 3 rings (SSSR count). The molecule has 1 heterocycles. The number of rotatable bonds is 7. The Labute approximate surface area is 170 Å². The Morgan fingerprint density at radius 2 is 2.00 bits per heavy atom. The van der Waals surface area contributed by atoms with E-state index in [2.05, 4.69) is 15.6 Å². The number of H-pyrrole nitrogens is 1. The molecule has 2 N–H and O–H groups in total. The molecule has 3 aromatic rings. The van der Waals surface area contributed by atoms with Gasteiger partial charge in [-0.05, 0) is 37.6 Å². The first-order chi connectivity index (χ1) is 14.4. The second-order valence-electron chi connectivity index (χ2n) is 6.44. The zero-order valence-electron chi connectivity index (χ0n) is 16.3. The maximum atomic E-state index is 12.5. The quantitative estimate of drug-likeness (QED) is 0.351. The first-order valence-electron chi connectivity index (χ1n) is 8.93. The molecular weight excluding hydrogens is 390 g/mol. The third-order valence-corrected chi connectivity index (χ3v) is 4.18. The van der Waals surface area contributed by atoms with Gasteiger partial charge in [-0.3, -0.25) is 24.8 Å². The van der Waals surface area contributed by atoms with Crippen LogP contribution in [0, 0.1) is 24.0 Å². The minimum Gasteiger partial charge on any atom is -0.477 e. The highest BCUT2D eigenvalue weighted by Gasteiger charge is 2.16. The number of aromatic amines is 1. The number of carbonyl (C=O) groups is 1. The number of carbonyl (C=O) groups excluding carboxylic acids is 1. The molecule has 1 amide bonds. The average molecular weight is 409 g/mol. The largest absolute Gasteiger partial charge is 0.477 e. The summed E-state index contributed by atoms with van der Waals surface area (Å²) >= 11 is 0. The Morgan fingerprint density at radius 1 is 1.27 bits per heavy atom. The number of hydrogen-bond acceptors (Lipinski definition) is 6. The second-order valence-corrected chi connectivity index (χ2v) is 6.44. The van der Waals surface area contributed by atoms with Crippen LogP contribution in [-0.4, -0.2) is 33.4 Å². The molecule has 0 bridgehead atoms. The van der Waals surface area contributed by atoms with Crippen molar-refractivity contribution in [3.8, 4) is 11.4 Å². The highest BCUT2D eigenvalue weighted by Crippen LogP contribution is 2.27. The average Bonchev–Trinajstić information content (AvgIpc) is 3.01. The SMILES string of the molecule is Cc1ccc(OCC(=O)N/N=C/c2c(C)[nH]n(-c3ccccc3)c2=O)c([N+](=O)[O-])c1. The molecule has 10 heteroatoms. The standard InChI is InChI=1S/C20H19N5O5/c1-13-8-9-18(17(10-13)25(28)29)30-12-19(26)22-21-11-16-14(2)23-24(20(16)27)15-6-4-3-5-7-15/h3-11,23H,12H2,1-2H3,(H,22,26)/b21-11+. The minimum atomic E-state index is -0.627. The molecule has 0 fully saturated rings. The molecule has 0 saturated carbocycles. The number of amides is 1. The van der Waals surface area contributed by atoms with Gasteiger partial charge in [0.25, 0.3) is 11.5 Å². The molecule has 0 spiro atoms. The van der Waals surface area contributed by atoms with Crippen molar-refractivity contribution in [1.29, 1.82) is 0 Å². The van der Waals surface area contributed by atoms with Gasteiger partial charge in [0.15, 0.2) is 12.4 Å². The van der Waals surface area contributed by atoms with E-state index in [-0.39, 0.29) is 22.6 Å². The predicted molar refractivity (Wildman–Crippen MR) is 110 cm³/mol. The van der Waals surface area contributed by atoms with Crippen molar-refractivity contribution in [2.45, 2.75) is 13.8 Å². The maximum Gasteiger partial charge on any atom is 0.311 e. The fourth-order valence-corrected chi connectivity index (χ4v) is 2.71. The summed E-state index contributed by atoms with van der Waals surface area (Å²) in [5, 5.41) is 17.8. The third-order valence-electron chi connectivity index (χ3n) is 4.18. The number of nitro groups is 1. The van der Waals surface area contributed by atoms with E-state index in [1.807, 2.05) is 18.2 Å². The predicted octanol–water partition coefficient (Wildman–Crippen LogP) is 2.22. The van der Waals surface area contributed by atoms with Gasteiger partial charge in [-0.2, -0.15) is 5.10 Å². The van der Waals surface area contributed by atoms with E-state index in [4.69, 9.17) is 4.74 Å². The molecule has 2 aromatic carbocycles. The molecule has 0 aliphatic rings. The topological polar surface area (TPSA) is 132 Å². The van der Waals surface area contributed by atoms with Gasteiger partial charge in [-0.1, -0.05) is 24.3 Å². The lowest BCUT2D eigenvalue weighted by molar-refractivity contribution is -0.385. The van der Waals surface area contributed by atoms with Crippen molar-refractivity contribution in [2.75, 3.05) is 6.61 Å². The summed E-state index contributed by atoms with van der Waals surface area (Å²) in [6.45, 7) is 2.96. The molecular formula is C20H19N5O5.